The number of H-pyrrole nitrogens is 1. The van der Waals surface area contributed by atoms with Crippen LogP contribution in [0, 0.1) is 5.82 Å². The molecule has 2 aromatic carbocycles. The van der Waals surface area contributed by atoms with Gasteiger partial charge in [-0.05, 0) is 42.6 Å². The smallest absolute Gasteiger partial charge is 0.275 e. The molecule has 0 aliphatic carbocycles. The molecule has 6 heteroatoms. The molecule has 3 heterocycles. The standard InChI is InChI=1S/C20H18FN3O2/c21-13-8-14-18-15(10-26-24-20(14)25)19(23-17(18)9-13)12-5-3-11(4-6-12)16-2-1-7-22-16/h3-6,8-9,16,22-23H,1-2,7,10H2,(H,24,25)/t16-/m0/s1. The van der Waals surface area contributed by atoms with Crippen LogP contribution in [0.3, 0.4) is 0 Å². The van der Waals surface area contributed by atoms with E-state index in [2.05, 4.69) is 40.0 Å². The Morgan fingerprint density at radius 1 is 1.15 bits per heavy atom. The van der Waals surface area contributed by atoms with Crippen LogP contribution in [0.15, 0.2) is 36.4 Å². The Labute approximate surface area is 149 Å². The molecule has 0 saturated carbocycles. The molecule has 0 radical (unpaired) electrons. The van der Waals surface area contributed by atoms with Crippen LogP contribution in [0.5, 0.6) is 0 Å². The molecule has 1 saturated heterocycles. The lowest BCUT2D eigenvalue weighted by Gasteiger charge is -2.11. The van der Waals surface area contributed by atoms with Gasteiger partial charge in [0, 0.05) is 22.5 Å². The minimum Gasteiger partial charge on any atom is -0.354 e. The molecular weight excluding hydrogens is 333 g/mol. The minimum atomic E-state index is -0.452. The number of nitrogens with one attached hydrogen (secondary N) is 3. The van der Waals surface area contributed by atoms with Crippen LogP contribution in [0.2, 0.25) is 0 Å². The highest BCUT2D eigenvalue weighted by Gasteiger charge is 2.24. The molecule has 132 valence electrons. The van der Waals surface area contributed by atoms with Crippen LogP contribution in [0.1, 0.15) is 40.4 Å². The van der Waals surface area contributed by atoms with Gasteiger partial charge in [0.05, 0.1) is 11.3 Å². The van der Waals surface area contributed by atoms with E-state index in [4.69, 9.17) is 4.84 Å². The van der Waals surface area contributed by atoms with E-state index in [1.54, 1.807) is 0 Å². The maximum absolute atomic E-state index is 13.9. The van der Waals surface area contributed by atoms with Crippen molar-refractivity contribution in [1.29, 1.82) is 0 Å². The molecule has 2 aliphatic heterocycles. The van der Waals surface area contributed by atoms with Crippen molar-refractivity contribution in [1.82, 2.24) is 15.8 Å². The molecule has 26 heavy (non-hydrogen) atoms. The monoisotopic (exact) mass is 351 g/mol. The number of carbonyl (C=O) groups excluding carboxylic acids is 1. The maximum Gasteiger partial charge on any atom is 0.275 e. The fraction of sp³-hybridized carbons (Fsp3) is 0.250. The van der Waals surface area contributed by atoms with E-state index in [1.165, 1.54) is 24.1 Å². The zero-order valence-corrected chi connectivity index (χ0v) is 14.1. The summed E-state index contributed by atoms with van der Waals surface area (Å²) in [5.41, 5.74) is 7.24. The van der Waals surface area contributed by atoms with Gasteiger partial charge in [0.1, 0.15) is 12.4 Å². The lowest BCUT2D eigenvalue weighted by atomic mass is 9.99. The van der Waals surface area contributed by atoms with Crippen molar-refractivity contribution in [2.75, 3.05) is 6.54 Å². The van der Waals surface area contributed by atoms with Gasteiger partial charge in [-0.25, -0.2) is 9.87 Å². The van der Waals surface area contributed by atoms with Crippen LogP contribution in [0.25, 0.3) is 22.2 Å². The van der Waals surface area contributed by atoms with Crippen LogP contribution >= 0.6 is 0 Å². The van der Waals surface area contributed by atoms with E-state index in [1.807, 2.05) is 0 Å². The number of benzene rings is 2. The van der Waals surface area contributed by atoms with Crippen molar-refractivity contribution < 1.29 is 14.0 Å². The van der Waals surface area contributed by atoms with E-state index in [-0.39, 0.29) is 6.61 Å². The zero-order chi connectivity index (χ0) is 17.7. The Morgan fingerprint density at radius 2 is 2.00 bits per heavy atom. The highest BCUT2D eigenvalue weighted by atomic mass is 19.1. The molecule has 1 aromatic heterocycles. The number of halogens is 1. The second kappa shape index (κ2) is 5.93. The van der Waals surface area contributed by atoms with E-state index < -0.39 is 11.7 Å². The molecule has 0 bridgehead atoms. The van der Waals surface area contributed by atoms with Crippen molar-refractivity contribution in [3.8, 4) is 11.3 Å². The van der Waals surface area contributed by atoms with Gasteiger partial charge in [0.15, 0.2) is 0 Å². The Kier molecular flexibility index (Phi) is 3.55. The molecule has 0 spiro atoms. The SMILES string of the molecule is O=C1NOCc2c(-c3ccc([C@@H]4CCCN4)cc3)[nH]c3cc(F)cc1c23. The first-order valence-corrected chi connectivity index (χ1v) is 8.80. The molecule has 0 unspecified atom stereocenters. The first-order chi connectivity index (χ1) is 12.7. The highest BCUT2D eigenvalue weighted by molar-refractivity contribution is 6.09. The van der Waals surface area contributed by atoms with Crippen molar-refractivity contribution in [3.63, 3.8) is 0 Å². The summed E-state index contributed by atoms with van der Waals surface area (Å²) in [5, 5.41) is 4.22. The zero-order valence-electron chi connectivity index (χ0n) is 14.1. The molecule has 1 amide bonds. The fourth-order valence-corrected chi connectivity index (χ4v) is 4.02. The summed E-state index contributed by atoms with van der Waals surface area (Å²) in [7, 11) is 0. The number of aromatic amines is 1. The number of hydrogen-bond acceptors (Lipinski definition) is 3. The van der Waals surface area contributed by atoms with Crippen molar-refractivity contribution >= 4 is 16.8 Å². The molecule has 3 N–H and O–H groups in total. The van der Waals surface area contributed by atoms with Crippen molar-refractivity contribution in [3.05, 3.63) is 58.9 Å². The van der Waals surface area contributed by atoms with E-state index in [0.29, 0.717) is 17.1 Å². The topological polar surface area (TPSA) is 66.2 Å². The second-order valence-corrected chi connectivity index (χ2v) is 6.85. The van der Waals surface area contributed by atoms with Crippen molar-refractivity contribution in [2.45, 2.75) is 25.5 Å². The van der Waals surface area contributed by atoms with Crippen LogP contribution < -0.4 is 10.8 Å². The number of aromatic nitrogens is 1. The summed E-state index contributed by atoms with van der Waals surface area (Å²) in [5.74, 6) is -0.881. The van der Waals surface area contributed by atoms with Gasteiger partial charge >= 0.3 is 0 Å². The summed E-state index contributed by atoms with van der Waals surface area (Å²) in [6.45, 7) is 1.29. The lowest BCUT2D eigenvalue weighted by Crippen LogP contribution is -2.21. The normalized spacial score (nSPS) is 19.6. The number of rotatable bonds is 2. The van der Waals surface area contributed by atoms with E-state index >= 15 is 0 Å². The van der Waals surface area contributed by atoms with Gasteiger partial charge in [0.2, 0.25) is 0 Å². The Bertz CT molecular complexity index is 1000. The molecule has 1 atom stereocenters. The van der Waals surface area contributed by atoms with Crippen LogP contribution in [-0.4, -0.2) is 17.4 Å². The summed E-state index contributed by atoms with van der Waals surface area (Å²) >= 11 is 0. The Balaban J connectivity index is 1.64. The number of carbonyl (C=O) groups is 1. The van der Waals surface area contributed by atoms with Gasteiger partial charge in [0.25, 0.3) is 5.91 Å². The first-order valence-electron chi connectivity index (χ1n) is 8.80. The van der Waals surface area contributed by atoms with Gasteiger partial charge in [-0.2, -0.15) is 0 Å². The molecule has 1 fully saturated rings. The number of hydroxylamine groups is 1. The average molecular weight is 351 g/mol. The first kappa shape index (κ1) is 15.5. The Hall–Kier alpha value is -2.70. The van der Waals surface area contributed by atoms with Crippen LogP contribution in [0.4, 0.5) is 4.39 Å². The third-order valence-corrected chi connectivity index (χ3v) is 5.25. The summed E-state index contributed by atoms with van der Waals surface area (Å²) in [6, 6.07) is 11.5. The predicted octanol–water partition coefficient (Wildman–Crippen LogP) is 3.57. The maximum atomic E-state index is 13.9. The van der Waals surface area contributed by atoms with E-state index in [0.717, 1.165) is 35.2 Å². The van der Waals surface area contributed by atoms with Gasteiger partial charge in [-0.15, -0.1) is 0 Å². The van der Waals surface area contributed by atoms with Gasteiger partial charge < -0.3 is 10.3 Å². The van der Waals surface area contributed by atoms with Gasteiger partial charge in [-0.3, -0.25) is 9.63 Å². The lowest BCUT2D eigenvalue weighted by molar-refractivity contribution is 0.0255. The third-order valence-electron chi connectivity index (χ3n) is 5.25. The number of hydrogen-bond donors (Lipinski definition) is 3. The molecule has 5 nitrogen and oxygen atoms in total. The third kappa shape index (κ3) is 2.41. The molecular formula is C20H18FN3O2. The fourth-order valence-electron chi connectivity index (χ4n) is 4.02. The van der Waals surface area contributed by atoms with Crippen LogP contribution in [-0.2, 0) is 11.4 Å². The Morgan fingerprint density at radius 3 is 2.77 bits per heavy atom. The number of amides is 1. The highest BCUT2D eigenvalue weighted by Crippen LogP contribution is 2.35. The molecule has 2 aliphatic rings. The summed E-state index contributed by atoms with van der Waals surface area (Å²) in [6.07, 6.45) is 2.35. The second-order valence-electron chi connectivity index (χ2n) is 6.85. The van der Waals surface area contributed by atoms with Gasteiger partial charge in [-0.1, -0.05) is 24.3 Å². The molecule has 3 aromatic rings. The average Bonchev–Trinajstić information content (AvgIpc) is 3.26. The summed E-state index contributed by atoms with van der Waals surface area (Å²) in [4.78, 5) is 20.7. The summed E-state index contributed by atoms with van der Waals surface area (Å²) < 4.78 is 13.9. The van der Waals surface area contributed by atoms with Crippen molar-refractivity contribution in [2.24, 2.45) is 0 Å². The molecule has 5 rings (SSSR count). The quantitative estimate of drug-likeness (QED) is 0.661. The predicted molar refractivity (Wildman–Crippen MR) is 95.9 cm³/mol. The largest absolute Gasteiger partial charge is 0.354 e. The van der Waals surface area contributed by atoms with E-state index in [9.17, 15) is 9.18 Å². The minimum absolute atomic E-state index is 0.228.